The van der Waals surface area contributed by atoms with E-state index in [0.717, 1.165) is 21.3 Å². The smallest absolute Gasteiger partial charge is 0.172 e. The minimum atomic E-state index is 0.672. The highest BCUT2D eigenvalue weighted by Gasteiger charge is 2.10. The van der Waals surface area contributed by atoms with Crippen molar-refractivity contribution in [2.45, 2.75) is 17.0 Å². The first kappa shape index (κ1) is 12.3. The average molecular weight is 269 g/mol. The molecule has 0 fully saturated rings. The van der Waals surface area contributed by atoms with Gasteiger partial charge in [0.2, 0.25) is 0 Å². The molecular weight excluding hydrogens is 256 g/mol. The molecule has 3 N–H and O–H groups in total. The largest absolute Gasteiger partial charge is 0.329 e. The van der Waals surface area contributed by atoms with E-state index in [1.807, 2.05) is 30.8 Å². The zero-order chi connectivity index (χ0) is 12.4. The first-order valence-corrected chi connectivity index (χ1v) is 6.23. The lowest BCUT2D eigenvalue weighted by Crippen LogP contribution is -2.07. The third-order valence-corrected chi connectivity index (χ3v) is 4.10. The van der Waals surface area contributed by atoms with Gasteiger partial charge in [-0.05, 0) is 36.4 Å². The van der Waals surface area contributed by atoms with Gasteiger partial charge in [0.15, 0.2) is 5.16 Å². The van der Waals surface area contributed by atoms with E-state index in [2.05, 4.69) is 10.4 Å². The quantitative estimate of drug-likeness (QED) is 0.664. The Bertz CT molecular complexity index is 515. The van der Waals surface area contributed by atoms with Crippen LogP contribution in [0.1, 0.15) is 5.56 Å². The molecule has 0 bridgehead atoms. The van der Waals surface area contributed by atoms with E-state index in [1.165, 1.54) is 0 Å². The van der Waals surface area contributed by atoms with Crippen molar-refractivity contribution in [2.75, 3.05) is 5.43 Å². The zero-order valence-corrected chi connectivity index (χ0v) is 11.1. The van der Waals surface area contributed by atoms with Crippen molar-refractivity contribution in [3.05, 3.63) is 35.1 Å². The maximum absolute atomic E-state index is 6.23. The fourth-order valence-electron chi connectivity index (χ4n) is 1.49. The molecule has 4 nitrogen and oxygen atoms in total. The minimum Gasteiger partial charge on any atom is -0.329 e. The second-order valence-corrected chi connectivity index (χ2v) is 5.06. The zero-order valence-electron chi connectivity index (χ0n) is 9.57. The third kappa shape index (κ3) is 2.57. The molecule has 17 heavy (non-hydrogen) atoms. The average Bonchev–Trinajstić information content (AvgIpc) is 2.69. The molecule has 6 heteroatoms. The van der Waals surface area contributed by atoms with Crippen LogP contribution >= 0.6 is 23.4 Å². The number of hydrazine groups is 1. The molecule has 0 atom stereocenters. The van der Waals surface area contributed by atoms with E-state index < -0.39 is 0 Å². The van der Waals surface area contributed by atoms with Crippen LogP contribution in [0.15, 0.2) is 34.6 Å². The molecular formula is C11H13ClN4S. The number of aromatic nitrogens is 2. The number of nitrogen functional groups attached to an aromatic ring is 1. The third-order valence-electron chi connectivity index (χ3n) is 2.37. The van der Waals surface area contributed by atoms with Gasteiger partial charge in [-0.3, -0.25) is 5.84 Å². The molecule has 2 rings (SSSR count). The monoisotopic (exact) mass is 268 g/mol. The molecule has 0 saturated heterocycles. The molecule has 0 unspecified atom stereocenters. The standard InChI is InChI=1S/C11H13ClN4S/c1-7-5-8(15-13)6-9(12)10(7)17-11-14-3-4-16(11)2/h3-6,15H,13H2,1-2H3. The summed E-state index contributed by atoms with van der Waals surface area (Å²) in [6.45, 7) is 2.00. The van der Waals surface area contributed by atoms with E-state index in [0.29, 0.717) is 5.02 Å². The van der Waals surface area contributed by atoms with Gasteiger partial charge >= 0.3 is 0 Å². The lowest BCUT2D eigenvalue weighted by molar-refractivity contribution is 0.790. The number of rotatable bonds is 3. The number of anilines is 1. The lowest BCUT2D eigenvalue weighted by Gasteiger charge is -2.10. The number of imidazole rings is 1. The van der Waals surface area contributed by atoms with Gasteiger partial charge in [0.05, 0.1) is 10.7 Å². The van der Waals surface area contributed by atoms with Gasteiger partial charge in [-0.2, -0.15) is 0 Å². The van der Waals surface area contributed by atoms with Crippen LogP contribution in [0.3, 0.4) is 0 Å². The number of nitrogens with one attached hydrogen (secondary N) is 1. The van der Waals surface area contributed by atoms with Crippen LogP contribution in [-0.4, -0.2) is 9.55 Å². The summed E-state index contributed by atoms with van der Waals surface area (Å²) in [5.74, 6) is 5.37. The number of hydrogen-bond donors (Lipinski definition) is 2. The van der Waals surface area contributed by atoms with Crippen molar-refractivity contribution in [3.63, 3.8) is 0 Å². The van der Waals surface area contributed by atoms with Gasteiger partial charge < -0.3 is 9.99 Å². The van der Waals surface area contributed by atoms with Gasteiger partial charge in [-0.25, -0.2) is 4.98 Å². The van der Waals surface area contributed by atoms with Gasteiger partial charge in [0.25, 0.3) is 0 Å². The van der Waals surface area contributed by atoms with Crippen molar-refractivity contribution < 1.29 is 0 Å². The second-order valence-electron chi connectivity index (χ2n) is 3.67. The Labute approximate surface area is 109 Å². The van der Waals surface area contributed by atoms with E-state index in [1.54, 1.807) is 24.0 Å². The first-order valence-electron chi connectivity index (χ1n) is 5.03. The van der Waals surface area contributed by atoms with Gasteiger partial charge in [-0.1, -0.05) is 11.6 Å². The number of hydrogen-bond acceptors (Lipinski definition) is 4. The van der Waals surface area contributed by atoms with Crippen LogP contribution in [0.25, 0.3) is 0 Å². The number of benzene rings is 1. The van der Waals surface area contributed by atoms with Crippen molar-refractivity contribution in [1.29, 1.82) is 0 Å². The van der Waals surface area contributed by atoms with Crippen LogP contribution in [0.5, 0.6) is 0 Å². The summed E-state index contributed by atoms with van der Waals surface area (Å²) in [6, 6.07) is 3.76. The van der Waals surface area contributed by atoms with Gasteiger partial charge in [-0.15, -0.1) is 0 Å². The molecule has 0 saturated carbocycles. The molecule has 1 heterocycles. The Morgan fingerprint density at radius 1 is 1.47 bits per heavy atom. The normalized spacial score (nSPS) is 10.6. The molecule has 0 aliphatic rings. The molecule has 0 aliphatic heterocycles. The van der Waals surface area contributed by atoms with Gasteiger partial charge in [0, 0.05) is 24.3 Å². The Kier molecular flexibility index (Phi) is 3.61. The van der Waals surface area contributed by atoms with Crippen molar-refractivity contribution in [1.82, 2.24) is 9.55 Å². The van der Waals surface area contributed by atoms with Crippen LogP contribution in [-0.2, 0) is 7.05 Å². The van der Waals surface area contributed by atoms with Crippen molar-refractivity contribution in [2.24, 2.45) is 12.9 Å². The number of nitrogens with zero attached hydrogens (tertiary/aromatic N) is 2. The Hall–Kier alpha value is -1.17. The first-order chi connectivity index (χ1) is 8.11. The maximum atomic E-state index is 6.23. The Balaban J connectivity index is 2.36. The van der Waals surface area contributed by atoms with Gasteiger partial charge in [0.1, 0.15) is 0 Å². The SMILES string of the molecule is Cc1cc(NN)cc(Cl)c1Sc1nccn1C. The summed E-state index contributed by atoms with van der Waals surface area (Å²) in [5.41, 5.74) is 4.46. The summed E-state index contributed by atoms with van der Waals surface area (Å²) in [6.07, 6.45) is 3.67. The van der Waals surface area contributed by atoms with Crippen LogP contribution in [0.4, 0.5) is 5.69 Å². The Morgan fingerprint density at radius 2 is 2.24 bits per heavy atom. The van der Waals surface area contributed by atoms with Crippen LogP contribution < -0.4 is 11.3 Å². The molecule has 0 amide bonds. The highest BCUT2D eigenvalue weighted by molar-refractivity contribution is 7.99. The summed E-state index contributed by atoms with van der Waals surface area (Å²) in [5, 5.41) is 1.58. The van der Waals surface area contributed by atoms with Crippen molar-refractivity contribution >= 4 is 29.1 Å². The predicted molar refractivity (Wildman–Crippen MR) is 71.3 cm³/mol. The second kappa shape index (κ2) is 5.00. The number of halogens is 1. The molecule has 1 aromatic heterocycles. The summed E-state index contributed by atoms with van der Waals surface area (Å²) < 4.78 is 1.95. The summed E-state index contributed by atoms with van der Waals surface area (Å²) in [7, 11) is 1.95. The van der Waals surface area contributed by atoms with Crippen molar-refractivity contribution in [3.8, 4) is 0 Å². The van der Waals surface area contributed by atoms with E-state index in [9.17, 15) is 0 Å². The topological polar surface area (TPSA) is 55.9 Å². The predicted octanol–water partition coefficient (Wildman–Crippen LogP) is 2.82. The molecule has 1 aromatic carbocycles. The molecule has 2 aromatic rings. The van der Waals surface area contributed by atoms with E-state index in [4.69, 9.17) is 17.4 Å². The maximum Gasteiger partial charge on any atom is 0.172 e. The van der Waals surface area contributed by atoms with E-state index >= 15 is 0 Å². The van der Waals surface area contributed by atoms with E-state index in [-0.39, 0.29) is 0 Å². The molecule has 0 spiro atoms. The number of aryl methyl sites for hydroxylation is 2. The van der Waals surface area contributed by atoms with Crippen LogP contribution in [0, 0.1) is 6.92 Å². The number of nitrogens with two attached hydrogens (primary N) is 1. The summed E-state index contributed by atoms with van der Waals surface area (Å²) >= 11 is 7.77. The highest BCUT2D eigenvalue weighted by Crippen LogP contribution is 2.36. The fraction of sp³-hybridized carbons (Fsp3) is 0.182. The fourth-order valence-corrected chi connectivity index (χ4v) is 2.74. The van der Waals surface area contributed by atoms with Crippen LogP contribution in [0.2, 0.25) is 5.02 Å². The Morgan fingerprint density at radius 3 is 2.76 bits per heavy atom. The summed E-state index contributed by atoms with van der Waals surface area (Å²) in [4.78, 5) is 5.26. The molecule has 90 valence electrons. The molecule has 0 radical (unpaired) electrons. The highest BCUT2D eigenvalue weighted by atomic mass is 35.5. The molecule has 0 aliphatic carbocycles. The lowest BCUT2D eigenvalue weighted by atomic mass is 10.2. The minimum absolute atomic E-state index is 0.672.